The molecule has 2 saturated heterocycles. The van der Waals surface area contributed by atoms with E-state index in [4.69, 9.17) is 5.11 Å². The van der Waals surface area contributed by atoms with E-state index < -0.39 is 27.2 Å². The van der Waals surface area contributed by atoms with Gasteiger partial charge in [-0.25, -0.2) is 8.42 Å². The zero-order chi connectivity index (χ0) is 12.1. The zero-order valence-electron chi connectivity index (χ0n) is 9.46. The van der Waals surface area contributed by atoms with Gasteiger partial charge < -0.3 is 5.11 Å². The molecule has 2 aliphatic rings. The summed E-state index contributed by atoms with van der Waals surface area (Å²) in [5, 5.41) is 8.57. The maximum Gasteiger partial charge on any atom is 0.308 e. The molecular weight excluding hydrogens is 230 g/mol. The van der Waals surface area contributed by atoms with Crippen molar-refractivity contribution in [3.8, 4) is 0 Å². The molecule has 2 aliphatic heterocycles. The molecule has 0 spiro atoms. The summed E-state index contributed by atoms with van der Waals surface area (Å²) in [6, 6.07) is -0.395. The van der Waals surface area contributed by atoms with E-state index in [1.165, 1.54) is 4.31 Å². The summed E-state index contributed by atoms with van der Waals surface area (Å²) < 4.78 is 25.7. The van der Waals surface area contributed by atoms with Crippen LogP contribution in [0.1, 0.15) is 33.1 Å². The summed E-state index contributed by atoms with van der Waals surface area (Å²) in [6.07, 6.45) is 1.97. The van der Waals surface area contributed by atoms with E-state index in [0.717, 1.165) is 6.42 Å². The van der Waals surface area contributed by atoms with Gasteiger partial charge in [0, 0.05) is 12.1 Å². The van der Waals surface area contributed by atoms with Crippen molar-refractivity contribution in [1.82, 2.24) is 4.31 Å². The molecule has 16 heavy (non-hydrogen) atoms. The molecule has 0 aromatic rings. The van der Waals surface area contributed by atoms with Gasteiger partial charge in [-0.1, -0.05) is 0 Å². The van der Waals surface area contributed by atoms with E-state index >= 15 is 0 Å². The molecule has 0 aromatic heterocycles. The topological polar surface area (TPSA) is 74.7 Å². The Morgan fingerprint density at radius 1 is 1.38 bits per heavy atom. The number of hydrogen-bond acceptors (Lipinski definition) is 3. The Labute approximate surface area is 95.5 Å². The van der Waals surface area contributed by atoms with Gasteiger partial charge in [-0.3, -0.25) is 4.79 Å². The Hall–Kier alpha value is -0.620. The molecule has 92 valence electrons. The summed E-state index contributed by atoms with van der Waals surface area (Å²) in [5.74, 6) is -1.37. The number of hydrogen-bond donors (Lipinski definition) is 1. The normalized spacial score (nSPS) is 34.8. The maximum atomic E-state index is 12.1. The number of nitrogens with zero attached hydrogens (tertiary/aromatic N) is 1. The van der Waals surface area contributed by atoms with Crippen LogP contribution in [0.3, 0.4) is 0 Å². The first kappa shape index (κ1) is 11.9. The minimum absolute atomic E-state index is 0.0847. The Morgan fingerprint density at radius 2 is 2.00 bits per heavy atom. The highest BCUT2D eigenvalue weighted by atomic mass is 32.2. The van der Waals surface area contributed by atoms with Crippen molar-refractivity contribution in [2.24, 2.45) is 5.92 Å². The van der Waals surface area contributed by atoms with Crippen LogP contribution in [0.15, 0.2) is 0 Å². The van der Waals surface area contributed by atoms with Crippen LogP contribution in [-0.2, 0) is 14.8 Å². The van der Waals surface area contributed by atoms with Crippen molar-refractivity contribution < 1.29 is 18.3 Å². The number of carbonyl (C=O) groups is 1. The average molecular weight is 247 g/mol. The fraction of sp³-hybridized carbons (Fsp3) is 0.900. The number of carboxylic acids is 1. The largest absolute Gasteiger partial charge is 0.481 e. The second-order valence-corrected chi connectivity index (χ2v) is 7.30. The highest BCUT2D eigenvalue weighted by molar-refractivity contribution is 7.89. The van der Waals surface area contributed by atoms with E-state index in [9.17, 15) is 13.2 Å². The van der Waals surface area contributed by atoms with Crippen molar-refractivity contribution in [1.29, 1.82) is 0 Å². The lowest BCUT2D eigenvalue weighted by atomic mass is 9.89. The van der Waals surface area contributed by atoms with Gasteiger partial charge in [-0.05, 0) is 33.1 Å². The first-order valence-electron chi connectivity index (χ1n) is 5.61. The molecule has 0 amide bonds. The predicted molar refractivity (Wildman–Crippen MR) is 58.4 cm³/mol. The molecule has 6 heteroatoms. The number of aliphatic carboxylic acids is 1. The van der Waals surface area contributed by atoms with Crippen molar-refractivity contribution in [2.45, 2.75) is 50.4 Å². The van der Waals surface area contributed by atoms with Crippen molar-refractivity contribution in [3.63, 3.8) is 0 Å². The Kier molecular flexibility index (Phi) is 2.74. The van der Waals surface area contributed by atoms with Gasteiger partial charge in [-0.15, -0.1) is 0 Å². The number of fused-ring (bicyclic) bond motifs is 2. The van der Waals surface area contributed by atoms with Crippen LogP contribution in [-0.4, -0.2) is 41.1 Å². The summed E-state index contributed by atoms with van der Waals surface area (Å²) in [4.78, 5) is 11.0. The minimum Gasteiger partial charge on any atom is -0.481 e. The Morgan fingerprint density at radius 3 is 2.44 bits per heavy atom. The van der Waals surface area contributed by atoms with Crippen molar-refractivity contribution >= 4 is 16.0 Å². The van der Waals surface area contributed by atoms with Gasteiger partial charge in [0.05, 0.1) is 11.2 Å². The molecule has 0 radical (unpaired) electrons. The molecule has 2 fully saturated rings. The van der Waals surface area contributed by atoms with Crippen LogP contribution in [0.25, 0.3) is 0 Å². The van der Waals surface area contributed by atoms with Gasteiger partial charge in [-0.2, -0.15) is 4.31 Å². The third-order valence-electron chi connectivity index (χ3n) is 3.68. The number of rotatable bonds is 3. The molecule has 2 rings (SSSR count). The van der Waals surface area contributed by atoms with Gasteiger partial charge in [0.1, 0.15) is 0 Å². The minimum atomic E-state index is -3.31. The highest BCUT2D eigenvalue weighted by Gasteiger charge is 2.54. The third-order valence-corrected chi connectivity index (χ3v) is 6.03. The Bertz CT molecular complexity index is 403. The van der Waals surface area contributed by atoms with E-state index in [1.807, 2.05) is 0 Å². The standard InChI is InChI=1S/C10H17NO4S/c1-6(2)16(14,15)11-7-3-4-9(11)8(5-7)10(12)13/h6-9H,3-5H2,1-2H3,(H,12,13). The van der Waals surface area contributed by atoms with Crippen LogP contribution in [0, 0.1) is 5.92 Å². The van der Waals surface area contributed by atoms with Crippen LogP contribution >= 0.6 is 0 Å². The molecule has 1 N–H and O–H groups in total. The second kappa shape index (κ2) is 3.70. The number of sulfonamides is 1. The average Bonchev–Trinajstić information content (AvgIpc) is 2.73. The summed E-state index contributed by atoms with van der Waals surface area (Å²) in [7, 11) is -3.31. The quantitative estimate of drug-likeness (QED) is 0.795. The molecule has 0 aliphatic carbocycles. The third kappa shape index (κ3) is 1.55. The molecule has 0 aromatic carbocycles. The lowest BCUT2D eigenvalue weighted by Gasteiger charge is -2.24. The van der Waals surface area contributed by atoms with Crippen molar-refractivity contribution in [3.05, 3.63) is 0 Å². The molecule has 3 unspecified atom stereocenters. The Balaban J connectivity index is 2.30. The highest BCUT2D eigenvalue weighted by Crippen LogP contribution is 2.44. The smallest absolute Gasteiger partial charge is 0.308 e. The SMILES string of the molecule is CC(C)S(=O)(=O)N1C2CCC1C(C(=O)O)C2. The van der Waals surface area contributed by atoms with E-state index in [1.54, 1.807) is 13.8 Å². The molecular formula is C10H17NO4S. The summed E-state index contributed by atoms with van der Waals surface area (Å²) in [5.41, 5.74) is 0. The zero-order valence-corrected chi connectivity index (χ0v) is 10.3. The fourth-order valence-corrected chi connectivity index (χ4v) is 4.57. The first-order valence-corrected chi connectivity index (χ1v) is 7.11. The van der Waals surface area contributed by atoms with Crippen LogP contribution in [0.5, 0.6) is 0 Å². The first-order chi connectivity index (χ1) is 7.35. The molecule has 3 atom stereocenters. The summed E-state index contributed by atoms with van der Waals surface area (Å²) >= 11 is 0. The number of carboxylic acid groups (broad SMARTS) is 1. The van der Waals surface area contributed by atoms with Gasteiger partial charge in [0.25, 0.3) is 0 Å². The van der Waals surface area contributed by atoms with Crippen LogP contribution in [0.4, 0.5) is 0 Å². The van der Waals surface area contributed by atoms with Gasteiger partial charge >= 0.3 is 5.97 Å². The maximum absolute atomic E-state index is 12.1. The van der Waals surface area contributed by atoms with E-state index in [2.05, 4.69) is 0 Å². The molecule has 0 saturated carbocycles. The monoisotopic (exact) mass is 247 g/mol. The fourth-order valence-electron chi connectivity index (χ4n) is 2.84. The summed E-state index contributed by atoms with van der Waals surface area (Å²) in [6.45, 7) is 3.28. The molecule has 2 heterocycles. The van der Waals surface area contributed by atoms with Gasteiger partial charge in [0.2, 0.25) is 10.0 Å². The van der Waals surface area contributed by atoms with Gasteiger partial charge in [0.15, 0.2) is 0 Å². The predicted octanol–water partition coefficient (Wildman–Crippen LogP) is 0.662. The van der Waals surface area contributed by atoms with Crippen LogP contribution < -0.4 is 0 Å². The second-order valence-electron chi connectivity index (χ2n) is 4.90. The van der Waals surface area contributed by atoms with Crippen LogP contribution in [0.2, 0.25) is 0 Å². The van der Waals surface area contributed by atoms with E-state index in [-0.39, 0.29) is 12.1 Å². The van der Waals surface area contributed by atoms with Crippen molar-refractivity contribution in [2.75, 3.05) is 0 Å². The van der Waals surface area contributed by atoms with E-state index in [0.29, 0.717) is 12.8 Å². The molecule has 2 bridgehead atoms. The lowest BCUT2D eigenvalue weighted by Crippen LogP contribution is -2.41. The molecule has 5 nitrogen and oxygen atoms in total. The lowest BCUT2D eigenvalue weighted by molar-refractivity contribution is -0.142.